The predicted octanol–water partition coefficient (Wildman–Crippen LogP) is 7.11. The van der Waals surface area contributed by atoms with Gasteiger partial charge in [0.05, 0.1) is 17.0 Å². The number of aromatic nitrogens is 2. The molecule has 3 aromatic rings. The van der Waals surface area contributed by atoms with Gasteiger partial charge >= 0.3 is 5.97 Å². The minimum atomic E-state index is -0.584. The van der Waals surface area contributed by atoms with Crippen LogP contribution in [0.3, 0.4) is 0 Å². The van der Waals surface area contributed by atoms with Gasteiger partial charge in [-0.05, 0) is 92.4 Å². The Morgan fingerprint density at radius 1 is 1.18 bits per heavy atom. The van der Waals surface area contributed by atoms with E-state index in [9.17, 15) is 9.18 Å². The molecule has 0 saturated heterocycles. The standard InChI is InChI=1S/C33H44FN3O2/c1-22(2)31-27-15-14-25(34)21-24(27)16-17-33(31,39-32(38)26-10-5-4-9-23(26)3)18-20-35-19-8-13-30-36-28-11-6-7-12-29(28)37-30/h6-7,11-12,14-15,21-23,26,31,35H,4-5,8-10,13,16-20H2,1-3H3,(H,36,37)/t23?,26?,31-,33+/m0/s1. The van der Waals surface area contributed by atoms with E-state index in [1.165, 1.54) is 6.42 Å². The molecular formula is C33H44FN3O2. The van der Waals surface area contributed by atoms with Gasteiger partial charge < -0.3 is 15.0 Å². The summed E-state index contributed by atoms with van der Waals surface area (Å²) in [6, 6.07) is 13.3. The Hall–Kier alpha value is -2.73. The number of fused-ring (bicyclic) bond motifs is 2. The van der Waals surface area contributed by atoms with Crippen LogP contribution in [0.15, 0.2) is 42.5 Å². The molecule has 0 amide bonds. The first-order valence-corrected chi connectivity index (χ1v) is 15.0. The summed E-state index contributed by atoms with van der Waals surface area (Å²) in [7, 11) is 0. The van der Waals surface area contributed by atoms with E-state index in [2.05, 4.69) is 42.1 Å². The van der Waals surface area contributed by atoms with E-state index >= 15 is 0 Å². The highest BCUT2D eigenvalue weighted by Gasteiger charge is 2.48. The van der Waals surface area contributed by atoms with Crippen LogP contribution in [0.1, 0.15) is 88.6 Å². The second-order valence-electron chi connectivity index (χ2n) is 12.2. The number of H-pyrrole nitrogens is 1. The first kappa shape index (κ1) is 27.8. The van der Waals surface area contributed by atoms with Gasteiger partial charge in [-0.25, -0.2) is 9.37 Å². The number of hydrogen-bond acceptors (Lipinski definition) is 4. The number of nitrogens with zero attached hydrogens (tertiary/aromatic N) is 1. The third-order valence-electron chi connectivity index (χ3n) is 9.14. The maximum absolute atomic E-state index is 14.1. The quantitative estimate of drug-likeness (QED) is 0.215. The molecule has 1 aromatic heterocycles. The Kier molecular flexibility index (Phi) is 8.70. The van der Waals surface area contributed by atoms with Gasteiger partial charge in [0.25, 0.3) is 0 Å². The fraction of sp³-hybridized carbons (Fsp3) is 0.576. The van der Waals surface area contributed by atoms with Crippen molar-refractivity contribution in [1.29, 1.82) is 0 Å². The van der Waals surface area contributed by atoms with E-state index in [4.69, 9.17) is 4.74 Å². The largest absolute Gasteiger partial charge is 0.458 e. The van der Waals surface area contributed by atoms with Crippen LogP contribution in [0.2, 0.25) is 0 Å². The van der Waals surface area contributed by atoms with Crippen molar-refractivity contribution in [2.45, 2.75) is 90.1 Å². The van der Waals surface area contributed by atoms with Gasteiger partial charge in [0, 0.05) is 18.8 Å². The lowest BCUT2D eigenvalue weighted by atomic mass is 9.65. The predicted molar refractivity (Wildman–Crippen MR) is 154 cm³/mol. The van der Waals surface area contributed by atoms with Gasteiger partial charge in [0.15, 0.2) is 0 Å². The smallest absolute Gasteiger partial charge is 0.309 e. The number of rotatable bonds is 10. The molecule has 2 unspecified atom stereocenters. The first-order chi connectivity index (χ1) is 18.9. The number of carbonyl (C=O) groups excluding carboxylic acids is 1. The number of para-hydroxylation sites is 2. The monoisotopic (exact) mass is 533 g/mol. The molecule has 5 rings (SSSR count). The van der Waals surface area contributed by atoms with Crippen molar-refractivity contribution in [2.24, 2.45) is 17.8 Å². The first-order valence-electron chi connectivity index (χ1n) is 15.0. The van der Waals surface area contributed by atoms with E-state index in [0.29, 0.717) is 5.92 Å². The Morgan fingerprint density at radius 3 is 2.79 bits per heavy atom. The van der Waals surface area contributed by atoms with Crippen LogP contribution < -0.4 is 5.32 Å². The number of benzene rings is 2. The zero-order valence-electron chi connectivity index (χ0n) is 23.8. The van der Waals surface area contributed by atoms with E-state index in [0.717, 1.165) is 92.4 Å². The van der Waals surface area contributed by atoms with Gasteiger partial charge in [-0.15, -0.1) is 0 Å². The summed E-state index contributed by atoms with van der Waals surface area (Å²) in [5.74, 6) is 1.45. The van der Waals surface area contributed by atoms with E-state index in [-0.39, 0.29) is 29.5 Å². The Bertz CT molecular complexity index is 1240. The average molecular weight is 534 g/mol. The lowest BCUT2D eigenvalue weighted by Gasteiger charge is -2.47. The summed E-state index contributed by atoms with van der Waals surface area (Å²) in [5, 5.41) is 3.62. The van der Waals surface area contributed by atoms with Crippen LogP contribution in [0.4, 0.5) is 4.39 Å². The molecular weight excluding hydrogens is 489 g/mol. The van der Waals surface area contributed by atoms with Gasteiger partial charge in [0.1, 0.15) is 17.2 Å². The third-order valence-corrected chi connectivity index (χ3v) is 9.14. The molecule has 1 heterocycles. The molecule has 5 nitrogen and oxygen atoms in total. The van der Waals surface area contributed by atoms with Crippen LogP contribution >= 0.6 is 0 Å². The molecule has 2 aromatic carbocycles. The topological polar surface area (TPSA) is 67.0 Å². The molecule has 6 heteroatoms. The van der Waals surface area contributed by atoms with E-state index < -0.39 is 5.60 Å². The highest BCUT2D eigenvalue weighted by atomic mass is 19.1. The SMILES string of the molecule is CC1CCCCC1C(=O)O[C@@]1(CCNCCCc2nc3ccccc3[nH]2)CCc2cc(F)ccc2[C@@H]1C(C)C. The second kappa shape index (κ2) is 12.2. The fourth-order valence-electron chi connectivity index (χ4n) is 7.16. The Morgan fingerprint density at radius 2 is 2.00 bits per heavy atom. The normalized spacial score (nSPS) is 25.1. The van der Waals surface area contributed by atoms with Crippen LogP contribution in [0, 0.1) is 23.6 Å². The van der Waals surface area contributed by atoms with Gasteiger partial charge in [-0.1, -0.05) is 51.8 Å². The lowest BCUT2D eigenvalue weighted by Crippen LogP contribution is -2.49. The summed E-state index contributed by atoms with van der Waals surface area (Å²) in [6.07, 6.45) is 8.39. The molecule has 2 N–H and O–H groups in total. The Balaban J connectivity index is 1.27. The summed E-state index contributed by atoms with van der Waals surface area (Å²) in [4.78, 5) is 21.8. The minimum absolute atomic E-state index is 0.0187. The van der Waals surface area contributed by atoms with Crippen LogP contribution in [-0.2, 0) is 22.4 Å². The lowest BCUT2D eigenvalue weighted by molar-refractivity contribution is -0.175. The number of nitrogens with one attached hydrogen (secondary N) is 2. The number of carbonyl (C=O) groups is 1. The zero-order valence-corrected chi connectivity index (χ0v) is 23.8. The maximum atomic E-state index is 14.1. The number of aromatic amines is 1. The van der Waals surface area contributed by atoms with Crippen molar-refractivity contribution in [3.05, 3.63) is 65.2 Å². The highest BCUT2D eigenvalue weighted by Crippen LogP contribution is 2.49. The van der Waals surface area contributed by atoms with Crippen molar-refractivity contribution < 1.29 is 13.9 Å². The maximum Gasteiger partial charge on any atom is 0.309 e. The number of esters is 1. The molecule has 2 aliphatic rings. The minimum Gasteiger partial charge on any atom is -0.458 e. The van der Waals surface area contributed by atoms with Crippen LogP contribution in [0.5, 0.6) is 0 Å². The molecule has 0 aliphatic heterocycles. The van der Waals surface area contributed by atoms with Crippen molar-refractivity contribution >= 4 is 17.0 Å². The van der Waals surface area contributed by atoms with Crippen molar-refractivity contribution in [2.75, 3.05) is 13.1 Å². The summed E-state index contributed by atoms with van der Waals surface area (Å²) >= 11 is 0. The number of ether oxygens (including phenoxy) is 1. The van der Waals surface area contributed by atoms with E-state index in [1.54, 1.807) is 12.1 Å². The van der Waals surface area contributed by atoms with Crippen molar-refractivity contribution in [3.8, 4) is 0 Å². The molecule has 1 saturated carbocycles. The third kappa shape index (κ3) is 6.21. The molecule has 0 radical (unpaired) electrons. The number of hydrogen-bond donors (Lipinski definition) is 2. The summed E-state index contributed by atoms with van der Waals surface area (Å²) in [5.41, 5.74) is 3.71. The molecule has 2 aliphatic carbocycles. The molecule has 4 atom stereocenters. The highest BCUT2D eigenvalue weighted by molar-refractivity contribution is 5.75. The molecule has 0 bridgehead atoms. The van der Waals surface area contributed by atoms with E-state index in [1.807, 2.05) is 24.3 Å². The number of imidazole rings is 1. The van der Waals surface area contributed by atoms with Gasteiger partial charge in [-0.2, -0.15) is 0 Å². The molecule has 1 fully saturated rings. The van der Waals surface area contributed by atoms with Crippen molar-refractivity contribution in [3.63, 3.8) is 0 Å². The Labute approximate surface area is 232 Å². The fourth-order valence-corrected chi connectivity index (χ4v) is 7.16. The number of aryl methyl sites for hydroxylation is 2. The molecule has 210 valence electrons. The second-order valence-corrected chi connectivity index (χ2v) is 12.2. The van der Waals surface area contributed by atoms with Gasteiger partial charge in [0.2, 0.25) is 0 Å². The average Bonchev–Trinajstić information content (AvgIpc) is 3.33. The summed E-state index contributed by atoms with van der Waals surface area (Å²) < 4.78 is 20.8. The van der Waals surface area contributed by atoms with Crippen LogP contribution in [0.25, 0.3) is 11.0 Å². The summed E-state index contributed by atoms with van der Waals surface area (Å²) in [6.45, 7) is 8.24. The zero-order chi connectivity index (χ0) is 27.4. The molecule has 0 spiro atoms. The molecule has 39 heavy (non-hydrogen) atoms. The van der Waals surface area contributed by atoms with Crippen molar-refractivity contribution in [1.82, 2.24) is 15.3 Å². The number of halogens is 1. The van der Waals surface area contributed by atoms with Gasteiger partial charge in [-0.3, -0.25) is 4.79 Å². The van der Waals surface area contributed by atoms with Crippen LogP contribution in [-0.4, -0.2) is 34.6 Å².